The van der Waals surface area contributed by atoms with E-state index in [0.717, 1.165) is 41.4 Å². The van der Waals surface area contributed by atoms with Gasteiger partial charge in [0.2, 0.25) is 5.91 Å². The van der Waals surface area contributed by atoms with Crippen molar-refractivity contribution in [1.29, 1.82) is 0 Å². The first-order valence-corrected chi connectivity index (χ1v) is 10.7. The zero-order chi connectivity index (χ0) is 21.4. The Labute approximate surface area is 182 Å². The highest BCUT2D eigenvalue weighted by Gasteiger charge is 2.30. The number of nitrogens with two attached hydrogens (primary N) is 1. The number of amides is 1. The van der Waals surface area contributed by atoms with Gasteiger partial charge in [0, 0.05) is 59.5 Å². The molecular formula is C24H28ClN3O2. The van der Waals surface area contributed by atoms with E-state index in [1.807, 2.05) is 30.3 Å². The second kappa shape index (κ2) is 8.32. The molecule has 2 aromatic carbocycles. The summed E-state index contributed by atoms with van der Waals surface area (Å²) in [4.78, 5) is 14.3. The van der Waals surface area contributed by atoms with E-state index in [-0.39, 0.29) is 24.3 Å². The van der Waals surface area contributed by atoms with E-state index in [1.54, 1.807) is 7.11 Å². The SMILES string of the molecule is COc1ccc(C(CC(N)=O)C(C)n2c3c(c4cc(Cl)ccc42)CN(C)CC3)cc1. The number of ether oxygens (including phenoxy) is 1. The molecule has 2 atom stereocenters. The fourth-order valence-electron chi connectivity index (χ4n) is 4.78. The molecule has 30 heavy (non-hydrogen) atoms. The number of hydrogen-bond acceptors (Lipinski definition) is 3. The number of primary amides is 1. The number of halogens is 1. The van der Waals surface area contributed by atoms with E-state index in [2.05, 4.69) is 35.6 Å². The average Bonchev–Trinajstić information content (AvgIpc) is 3.04. The molecule has 2 heterocycles. The maximum absolute atomic E-state index is 12.0. The van der Waals surface area contributed by atoms with Crippen LogP contribution in [0.25, 0.3) is 10.9 Å². The average molecular weight is 426 g/mol. The number of hydrogen-bond donors (Lipinski definition) is 1. The fraction of sp³-hybridized carbons (Fsp3) is 0.375. The van der Waals surface area contributed by atoms with Crippen molar-refractivity contribution < 1.29 is 9.53 Å². The highest BCUT2D eigenvalue weighted by molar-refractivity contribution is 6.31. The Morgan fingerprint density at radius 1 is 1.23 bits per heavy atom. The summed E-state index contributed by atoms with van der Waals surface area (Å²) in [5.41, 5.74) is 10.6. The lowest BCUT2D eigenvalue weighted by Crippen LogP contribution is -2.29. The minimum absolute atomic E-state index is 0.0385. The van der Waals surface area contributed by atoms with Crippen LogP contribution in [0.15, 0.2) is 42.5 Å². The highest BCUT2D eigenvalue weighted by atomic mass is 35.5. The van der Waals surface area contributed by atoms with E-state index in [1.165, 1.54) is 16.6 Å². The molecule has 1 amide bonds. The van der Waals surface area contributed by atoms with Crippen molar-refractivity contribution >= 4 is 28.4 Å². The van der Waals surface area contributed by atoms with Crippen molar-refractivity contribution in [2.75, 3.05) is 20.7 Å². The summed E-state index contributed by atoms with van der Waals surface area (Å²) in [6, 6.07) is 14.1. The Bertz CT molecular complexity index is 1070. The van der Waals surface area contributed by atoms with E-state index >= 15 is 0 Å². The van der Waals surface area contributed by atoms with Gasteiger partial charge in [0.1, 0.15) is 5.75 Å². The van der Waals surface area contributed by atoms with Crippen molar-refractivity contribution in [2.45, 2.75) is 38.3 Å². The molecule has 1 aromatic heterocycles. The number of nitrogens with zero attached hydrogens (tertiary/aromatic N) is 2. The van der Waals surface area contributed by atoms with Gasteiger partial charge < -0.3 is 19.9 Å². The quantitative estimate of drug-likeness (QED) is 0.632. The molecule has 0 saturated carbocycles. The molecule has 0 spiro atoms. The zero-order valence-electron chi connectivity index (χ0n) is 17.7. The van der Waals surface area contributed by atoms with Crippen molar-refractivity contribution in [2.24, 2.45) is 5.73 Å². The van der Waals surface area contributed by atoms with Crippen LogP contribution in [0.5, 0.6) is 5.75 Å². The molecule has 2 N–H and O–H groups in total. The summed E-state index contributed by atoms with van der Waals surface area (Å²) in [6.45, 7) is 4.09. The fourth-order valence-corrected chi connectivity index (χ4v) is 4.95. The van der Waals surface area contributed by atoms with Crippen LogP contribution in [0.2, 0.25) is 5.02 Å². The molecule has 4 rings (SSSR count). The molecule has 1 aliphatic heterocycles. The van der Waals surface area contributed by atoms with Gasteiger partial charge >= 0.3 is 0 Å². The zero-order valence-corrected chi connectivity index (χ0v) is 18.4. The molecule has 0 bridgehead atoms. The molecule has 0 radical (unpaired) electrons. The van der Waals surface area contributed by atoms with E-state index in [0.29, 0.717) is 0 Å². The molecule has 2 unspecified atom stereocenters. The van der Waals surface area contributed by atoms with Gasteiger partial charge in [-0.3, -0.25) is 4.79 Å². The van der Waals surface area contributed by atoms with Crippen LogP contribution in [0, 0.1) is 0 Å². The Morgan fingerprint density at radius 2 is 1.97 bits per heavy atom. The third-order valence-electron chi connectivity index (χ3n) is 6.30. The Kier molecular flexibility index (Phi) is 5.76. The minimum atomic E-state index is -0.296. The smallest absolute Gasteiger partial charge is 0.218 e. The van der Waals surface area contributed by atoms with Crippen molar-refractivity contribution in [3.63, 3.8) is 0 Å². The van der Waals surface area contributed by atoms with Crippen molar-refractivity contribution in [3.8, 4) is 5.75 Å². The van der Waals surface area contributed by atoms with E-state index in [9.17, 15) is 4.79 Å². The van der Waals surface area contributed by atoms with Gasteiger partial charge in [-0.15, -0.1) is 0 Å². The number of methoxy groups -OCH3 is 1. The second-order valence-corrected chi connectivity index (χ2v) is 8.67. The van der Waals surface area contributed by atoms with Gasteiger partial charge in [-0.25, -0.2) is 0 Å². The number of fused-ring (bicyclic) bond motifs is 3. The Morgan fingerprint density at radius 3 is 2.63 bits per heavy atom. The number of rotatable bonds is 6. The predicted octanol–water partition coefficient (Wildman–Crippen LogP) is 4.51. The van der Waals surface area contributed by atoms with Crippen molar-refractivity contribution in [3.05, 3.63) is 64.3 Å². The van der Waals surface area contributed by atoms with Gasteiger partial charge in [0.05, 0.1) is 7.11 Å². The Balaban J connectivity index is 1.85. The molecule has 5 nitrogen and oxygen atoms in total. The summed E-state index contributed by atoms with van der Waals surface area (Å²) in [5.74, 6) is 0.463. The molecule has 6 heteroatoms. The largest absolute Gasteiger partial charge is 0.497 e. The van der Waals surface area contributed by atoms with E-state index in [4.69, 9.17) is 22.1 Å². The summed E-state index contributed by atoms with van der Waals surface area (Å²) in [5, 5.41) is 1.94. The second-order valence-electron chi connectivity index (χ2n) is 8.24. The van der Waals surface area contributed by atoms with Crippen LogP contribution in [0.1, 0.15) is 42.1 Å². The van der Waals surface area contributed by atoms with Gasteiger partial charge in [-0.2, -0.15) is 0 Å². The number of aromatic nitrogens is 1. The van der Waals surface area contributed by atoms with Crippen LogP contribution in [-0.2, 0) is 17.8 Å². The summed E-state index contributed by atoms with van der Waals surface area (Å²) in [7, 11) is 3.80. The van der Waals surface area contributed by atoms with Crippen LogP contribution >= 0.6 is 11.6 Å². The van der Waals surface area contributed by atoms with Crippen LogP contribution in [-0.4, -0.2) is 36.1 Å². The summed E-state index contributed by atoms with van der Waals surface area (Å²) >= 11 is 6.35. The molecule has 0 fully saturated rings. The highest BCUT2D eigenvalue weighted by Crippen LogP contribution is 2.40. The molecular weight excluding hydrogens is 398 g/mol. The van der Waals surface area contributed by atoms with Gasteiger partial charge in [-0.1, -0.05) is 23.7 Å². The van der Waals surface area contributed by atoms with Gasteiger partial charge in [0.25, 0.3) is 0 Å². The third-order valence-corrected chi connectivity index (χ3v) is 6.53. The molecule has 3 aromatic rings. The lowest BCUT2D eigenvalue weighted by atomic mass is 9.88. The standard InChI is InChI=1S/C24H28ClN3O2/c1-15(19(13-24(26)29)16-4-7-18(30-3)8-5-16)28-22-9-6-17(25)12-20(22)21-14-27(2)11-10-23(21)28/h4-9,12,15,19H,10-11,13-14H2,1-3H3,(H2,26,29). The molecule has 0 aliphatic carbocycles. The van der Waals surface area contributed by atoms with Crippen LogP contribution < -0.4 is 10.5 Å². The Hall–Kier alpha value is -2.50. The predicted molar refractivity (Wildman–Crippen MR) is 121 cm³/mol. The number of likely N-dealkylation sites (N-methyl/N-ethyl adjacent to an activating group) is 1. The first-order valence-electron chi connectivity index (χ1n) is 10.3. The maximum Gasteiger partial charge on any atom is 0.218 e. The summed E-state index contributed by atoms with van der Waals surface area (Å²) < 4.78 is 7.71. The van der Waals surface area contributed by atoms with Crippen LogP contribution in [0.3, 0.4) is 0 Å². The summed E-state index contributed by atoms with van der Waals surface area (Å²) in [6.07, 6.45) is 1.25. The monoisotopic (exact) mass is 425 g/mol. The number of carbonyl (C=O) groups excluding carboxylic acids is 1. The lowest BCUT2D eigenvalue weighted by molar-refractivity contribution is -0.118. The number of benzene rings is 2. The minimum Gasteiger partial charge on any atom is -0.497 e. The topological polar surface area (TPSA) is 60.5 Å². The van der Waals surface area contributed by atoms with Gasteiger partial charge in [0.15, 0.2) is 0 Å². The first kappa shape index (κ1) is 20.8. The van der Waals surface area contributed by atoms with E-state index < -0.39 is 0 Å². The third kappa shape index (κ3) is 3.80. The van der Waals surface area contributed by atoms with Crippen molar-refractivity contribution in [1.82, 2.24) is 9.47 Å². The van der Waals surface area contributed by atoms with Gasteiger partial charge in [-0.05, 0) is 55.4 Å². The number of carbonyl (C=O) groups is 1. The molecule has 1 aliphatic rings. The first-order chi connectivity index (χ1) is 14.4. The van der Waals surface area contributed by atoms with Crippen LogP contribution in [0.4, 0.5) is 0 Å². The molecule has 0 saturated heterocycles. The molecule has 158 valence electrons. The lowest BCUT2D eigenvalue weighted by Gasteiger charge is -2.30. The normalized spacial score (nSPS) is 16.3. The maximum atomic E-state index is 12.0.